The average Bonchev–Trinajstić information content (AvgIpc) is 2.94. The minimum Gasteiger partial charge on any atom is -0.378 e. The number of aryl methyl sites for hydroxylation is 1. The Kier molecular flexibility index (Phi) is 5.21. The highest BCUT2D eigenvalue weighted by atomic mass is 15.3. The molecule has 0 saturated carbocycles. The molecule has 24 heavy (non-hydrogen) atoms. The highest BCUT2D eigenvalue weighted by Gasteiger charge is 2.21. The molecule has 130 valence electrons. The topological polar surface area (TPSA) is 36.3 Å². The lowest BCUT2D eigenvalue weighted by molar-refractivity contribution is 0.377. The summed E-state index contributed by atoms with van der Waals surface area (Å²) in [6.45, 7) is 4.06. The number of hydrogen-bond donors (Lipinski definition) is 1. The van der Waals surface area contributed by atoms with Crippen LogP contribution in [0.15, 0.2) is 24.3 Å². The Morgan fingerprint density at radius 2 is 1.88 bits per heavy atom. The first-order chi connectivity index (χ1) is 11.6. The normalized spacial score (nSPS) is 14.0. The number of nitrogens with zero attached hydrogens (tertiary/aromatic N) is 4. The predicted molar refractivity (Wildman–Crippen MR) is 101 cm³/mol. The molecule has 0 atom stereocenters. The molecule has 2 aromatic rings. The summed E-state index contributed by atoms with van der Waals surface area (Å²) >= 11 is 0. The summed E-state index contributed by atoms with van der Waals surface area (Å²) in [6.07, 6.45) is 2.20. The third-order valence-corrected chi connectivity index (χ3v) is 4.64. The standard InChI is InChI=1S/C19H29N5/c1-22(2)12-5-13-24-18-10-11-20-14-17(18)19(21-24)15-6-8-16(9-7-15)23(3)4/h6-9,20H,5,10-14H2,1-4H3. The molecule has 0 aliphatic carbocycles. The van der Waals surface area contributed by atoms with Gasteiger partial charge in [0.25, 0.3) is 0 Å². The maximum Gasteiger partial charge on any atom is 0.0971 e. The Balaban J connectivity index is 1.88. The van der Waals surface area contributed by atoms with Crippen molar-refractivity contribution >= 4 is 5.69 Å². The van der Waals surface area contributed by atoms with Crippen molar-refractivity contribution in [2.75, 3.05) is 46.2 Å². The van der Waals surface area contributed by atoms with E-state index in [0.717, 1.165) is 44.7 Å². The van der Waals surface area contributed by atoms with Crippen LogP contribution in [0, 0.1) is 0 Å². The average molecular weight is 327 g/mol. The zero-order valence-corrected chi connectivity index (χ0v) is 15.3. The lowest BCUT2D eigenvalue weighted by Gasteiger charge is -2.16. The van der Waals surface area contributed by atoms with Gasteiger partial charge in [0.2, 0.25) is 0 Å². The molecule has 0 radical (unpaired) electrons. The summed E-state index contributed by atoms with van der Waals surface area (Å²) in [6, 6.07) is 8.72. The zero-order valence-electron chi connectivity index (χ0n) is 15.3. The van der Waals surface area contributed by atoms with E-state index in [1.807, 2.05) is 0 Å². The molecule has 1 aliphatic heterocycles. The van der Waals surface area contributed by atoms with E-state index >= 15 is 0 Å². The summed E-state index contributed by atoms with van der Waals surface area (Å²) in [5.74, 6) is 0. The first-order valence-corrected chi connectivity index (χ1v) is 8.78. The second-order valence-electron chi connectivity index (χ2n) is 7.02. The first-order valence-electron chi connectivity index (χ1n) is 8.78. The summed E-state index contributed by atoms with van der Waals surface area (Å²) in [4.78, 5) is 4.36. The van der Waals surface area contributed by atoms with Crippen molar-refractivity contribution in [2.45, 2.75) is 25.9 Å². The van der Waals surface area contributed by atoms with Crippen LogP contribution in [0.1, 0.15) is 17.7 Å². The van der Waals surface area contributed by atoms with E-state index in [0.29, 0.717) is 0 Å². The number of nitrogens with one attached hydrogen (secondary N) is 1. The van der Waals surface area contributed by atoms with Gasteiger partial charge in [0.15, 0.2) is 0 Å². The molecule has 0 fully saturated rings. The molecule has 2 heterocycles. The molecule has 1 aromatic carbocycles. The molecular weight excluding hydrogens is 298 g/mol. The Morgan fingerprint density at radius 1 is 1.12 bits per heavy atom. The number of anilines is 1. The number of fused-ring (bicyclic) bond motifs is 1. The third-order valence-electron chi connectivity index (χ3n) is 4.64. The molecule has 1 N–H and O–H groups in total. The van der Waals surface area contributed by atoms with Crippen LogP contribution in [0.2, 0.25) is 0 Å². The smallest absolute Gasteiger partial charge is 0.0971 e. The number of rotatable bonds is 6. The van der Waals surface area contributed by atoms with Crippen molar-refractivity contribution < 1.29 is 0 Å². The van der Waals surface area contributed by atoms with Gasteiger partial charge >= 0.3 is 0 Å². The van der Waals surface area contributed by atoms with Crippen LogP contribution in [0.25, 0.3) is 11.3 Å². The van der Waals surface area contributed by atoms with Gasteiger partial charge in [-0.15, -0.1) is 0 Å². The van der Waals surface area contributed by atoms with Crippen LogP contribution >= 0.6 is 0 Å². The molecule has 5 nitrogen and oxygen atoms in total. The predicted octanol–water partition coefficient (Wildman–Crippen LogP) is 2.21. The lowest BCUT2D eigenvalue weighted by atomic mass is 10.0. The number of aromatic nitrogens is 2. The molecule has 0 amide bonds. The van der Waals surface area contributed by atoms with E-state index in [-0.39, 0.29) is 0 Å². The van der Waals surface area contributed by atoms with Crippen molar-refractivity contribution in [1.82, 2.24) is 20.0 Å². The van der Waals surface area contributed by atoms with Crippen molar-refractivity contribution in [3.05, 3.63) is 35.5 Å². The molecule has 0 spiro atoms. The highest BCUT2D eigenvalue weighted by molar-refractivity contribution is 5.67. The second-order valence-corrected chi connectivity index (χ2v) is 7.02. The van der Waals surface area contributed by atoms with Crippen molar-refractivity contribution in [1.29, 1.82) is 0 Å². The van der Waals surface area contributed by atoms with Gasteiger partial charge in [-0.05, 0) is 39.2 Å². The molecule has 0 saturated heterocycles. The van der Waals surface area contributed by atoms with E-state index < -0.39 is 0 Å². The zero-order chi connectivity index (χ0) is 17.1. The molecule has 3 rings (SSSR count). The third kappa shape index (κ3) is 3.62. The second kappa shape index (κ2) is 7.36. The van der Waals surface area contributed by atoms with E-state index in [4.69, 9.17) is 5.10 Å². The van der Waals surface area contributed by atoms with E-state index in [1.165, 1.54) is 22.5 Å². The van der Waals surface area contributed by atoms with Crippen molar-refractivity contribution in [3.8, 4) is 11.3 Å². The van der Waals surface area contributed by atoms with Crippen LogP contribution in [0.5, 0.6) is 0 Å². The van der Waals surface area contributed by atoms with Gasteiger partial charge in [-0.1, -0.05) is 12.1 Å². The quantitative estimate of drug-likeness (QED) is 0.882. The van der Waals surface area contributed by atoms with Gasteiger partial charge in [0.05, 0.1) is 5.69 Å². The van der Waals surface area contributed by atoms with E-state index in [1.54, 1.807) is 0 Å². The van der Waals surface area contributed by atoms with Crippen LogP contribution < -0.4 is 10.2 Å². The number of hydrogen-bond acceptors (Lipinski definition) is 4. The highest BCUT2D eigenvalue weighted by Crippen LogP contribution is 2.29. The first kappa shape index (κ1) is 17.0. The van der Waals surface area contributed by atoms with E-state index in [9.17, 15) is 0 Å². The minimum atomic E-state index is 0.924. The van der Waals surface area contributed by atoms with E-state index in [2.05, 4.69) is 72.3 Å². The van der Waals surface area contributed by atoms with Gasteiger partial charge in [-0.2, -0.15) is 5.10 Å². The van der Waals surface area contributed by atoms with Crippen molar-refractivity contribution in [2.24, 2.45) is 0 Å². The molecule has 0 unspecified atom stereocenters. The van der Waals surface area contributed by atoms with Crippen LogP contribution in [0.3, 0.4) is 0 Å². The van der Waals surface area contributed by atoms with Crippen LogP contribution in [0.4, 0.5) is 5.69 Å². The lowest BCUT2D eigenvalue weighted by Crippen LogP contribution is -2.25. The molecule has 0 bridgehead atoms. The summed E-state index contributed by atoms with van der Waals surface area (Å²) < 4.78 is 2.24. The van der Waals surface area contributed by atoms with Gasteiger partial charge in [-0.3, -0.25) is 4.68 Å². The molecule has 1 aromatic heterocycles. The van der Waals surface area contributed by atoms with Crippen LogP contribution in [-0.2, 0) is 19.5 Å². The Bertz CT molecular complexity index is 670. The Hall–Kier alpha value is -1.85. The fourth-order valence-electron chi connectivity index (χ4n) is 3.29. The van der Waals surface area contributed by atoms with Gasteiger partial charge in [-0.25, -0.2) is 0 Å². The summed E-state index contributed by atoms with van der Waals surface area (Å²) in [5.41, 5.74) is 6.37. The maximum absolute atomic E-state index is 4.98. The Morgan fingerprint density at radius 3 is 2.54 bits per heavy atom. The van der Waals surface area contributed by atoms with Gasteiger partial charge in [0, 0.05) is 62.7 Å². The maximum atomic E-state index is 4.98. The van der Waals surface area contributed by atoms with Crippen LogP contribution in [-0.4, -0.2) is 56.0 Å². The molecular formula is C19H29N5. The van der Waals surface area contributed by atoms with Gasteiger partial charge in [0.1, 0.15) is 0 Å². The van der Waals surface area contributed by atoms with Crippen molar-refractivity contribution in [3.63, 3.8) is 0 Å². The fourth-order valence-corrected chi connectivity index (χ4v) is 3.29. The summed E-state index contributed by atoms with van der Waals surface area (Å²) in [5, 5.41) is 8.48. The SMILES string of the molecule is CN(C)CCCn1nc(-c2ccc(N(C)C)cc2)c2c1CCNC2. The molecule has 5 heteroatoms. The molecule has 1 aliphatic rings. The monoisotopic (exact) mass is 327 g/mol. The summed E-state index contributed by atoms with van der Waals surface area (Å²) in [7, 11) is 8.39. The van der Waals surface area contributed by atoms with Gasteiger partial charge < -0.3 is 15.1 Å². The fraction of sp³-hybridized carbons (Fsp3) is 0.526. The minimum absolute atomic E-state index is 0.924. The Labute approximate surface area is 145 Å². The largest absolute Gasteiger partial charge is 0.378 e. The number of benzene rings is 1.